The minimum absolute atomic E-state index is 0.00678. The molecule has 0 aliphatic carbocycles. The van der Waals surface area contributed by atoms with E-state index in [1.165, 1.54) is 0 Å². The third-order valence-electron chi connectivity index (χ3n) is 3.10. The molecule has 5 nitrogen and oxygen atoms in total. The lowest BCUT2D eigenvalue weighted by atomic mass is 9.85. The van der Waals surface area contributed by atoms with Crippen LogP contribution in [0.3, 0.4) is 0 Å². The maximum atomic E-state index is 9.24. The molecule has 0 aliphatic rings. The summed E-state index contributed by atoms with van der Waals surface area (Å²) in [6.45, 7) is 6.23. The molecule has 1 aromatic carbocycles. The monoisotopic (exact) mass is 261 g/mol. The topological polar surface area (TPSA) is 85.2 Å². The van der Waals surface area contributed by atoms with Gasteiger partial charge >= 0.3 is 0 Å². The zero-order valence-electron chi connectivity index (χ0n) is 11.4. The summed E-state index contributed by atoms with van der Waals surface area (Å²) < 4.78 is 5.21. The lowest BCUT2D eigenvalue weighted by Gasteiger charge is -2.25. The van der Waals surface area contributed by atoms with Gasteiger partial charge in [0.25, 0.3) is 0 Å². The van der Waals surface area contributed by atoms with Crippen molar-refractivity contribution in [2.45, 2.75) is 33.2 Å². The molecular weight excluding hydrogens is 242 g/mol. The molecule has 102 valence electrons. The van der Waals surface area contributed by atoms with E-state index >= 15 is 0 Å². The van der Waals surface area contributed by atoms with Crippen molar-refractivity contribution >= 4 is 0 Å². The zero-order valence-corrected chi connectivity index (χ0v) is 11.4. The first-order valence-electron chi connectivity index (χ1n) is 6.24. The largest absolute Gasteiger partial charge is 0.508 e. The van der Waals surface area contributed by atoms with E-state index in [2.05, 4.69) is 30.9 Å². The fourth-order valence-corrected chi connectivity index (χ4v) is 1.56. The van der Waals surface area contributed by atoms with E-state index < -0.39 is 0 Å². The summed E-state index contributed by atoms with van der Waals surface area (Å²) in [5.74, 6) is 1.25. The molecular formula is C14H19N3O2. The number of phenolic OH excluding ortho intramolecular Hbond substituents is 1. The van der Waals surface area contributed by atoms with E-state index in [0.717, 1.165) is 5.56 Å². The van der Waals surface area contributed by atoms with E-state index in [-0.39, 0.29) is 17.2 Å². The summed E-state index contributed by atoms with van der Waals surface area (Å²) in [4.78, 5) is 4.32. The SMILES string of the molecule is CC(C)(C)C(N)Cc1nc(-c2ccc(O)cc2)no1. The summed E-state index contributed by atoms with van der Waals surface area (Å²) in [6.07, 6.45) is 0.550. The Morgan fingerprint density at radius 1 is 1.26 bits per heavy atom. The van der Waals surface area contributed by atoms with Gasteiger partial charge in [0.1, 0.15) is 5.75 Å². The molecule has 0 amide bonds. The van der Waals surface area contributed by atoms with Crippen LogP contribution in [0.15, 0.2) is 28.8 Å². The summed E-state index contributed by atoms with van der Waals surface area (Å²) in [7, 11) is 0. The highest BCUT2D eigenvalue weighted by molar-refractivity contribution is 5.55. The molecule has 5 heteroatoms. The highest BCUT2D eigenvalue weighted by Gasteiger charge is 2.23. The van der Waals surface area contributed by atoms with Gasteiger partial charge in [-0.05, 0) is 29.7 Å². The first kappa shape index (κ1) is 13.5. The first-order valence-corrected chi connectivity index (χ1v) is 6.24. The smallest absolute Gasteiger partial charge is 0.228 e. The molecule has 19 heavy (non-hydrogen) atoms. The van der Waals surface area contributed by atoms with Gasteiger partial charge in [-0.2, -0.15) is 4.98 Å². The van der Waals surface area contributed by atoms with Gasteiger partial charge in [0.05, 0.1) is 0 Å². The lowest BCUT2D eigenvalue weighted by molar-refractivity contribution is 0.286. The summed E-state index contributed by atoms with van der Waals surface area (Å²) in [5.41, 5.74) is 6.89. The molecule has 0 bridgehead atoms. The predicted molar refractivity (Wildman–Crippen MR) is 72.5 cm³/mol. The third kappa shape index (κ3) is 3.32. The molecule has 1 heterocycles. The molecule has 0 saturated carbocycles. The van der Waals surface area contributed by atoms with Gasteiger partial charge in [-0.3, -0.25) is 0 Å². The molecule has 0 aliphatic heterocycles. The van der Waals surface area contributed by atoms with Crippen molar-refractivity contribution in [3.05, 3.63) is 30.2 Å². The van der Waals surface area contributed by atoms with Crippen LogP contribution in [0.2, 0.25) is 0 Å². The number of rotatable bonds is 3. The molecule has 1 aromatic heterocycles. The molecule has 0 saturated heterocycles. The summed E-state index contributed by atoms with van der Waals surface area (Å²) in [5, 5.41) is 13.2. The van der Waals surface area contributed by atoms with Crippen LogP contribution in [-0.2, 0) is 6.42 Å². The van der Waals surface area contributed by atoms with Crippen molar-refractivity contribution in [1.82, 2.24) is 10.1 Å². The maximum absolute atomic E-state index is 9.24. The Morgan fingerprint density at radius 2 is 1.89 bits per heavy atom. The number of aromatic hydroxyl groups is 1. The highest BCUT2D eigenvalue weighted by Crippen LogP contribution is 2.22. The maximum Gasteiger partial charge on any atom is 0.228 e. The van der Waals surface area contributed by atoms with Gasteiger partial charge in [0, 0.05) is 18.0 Å². The Morgan fingerprint density at radius 3 is 2.47 bits per heavy atom. The number of hydrogen-bond donors (Lipinski definition) is 2. The second-order valence-electron chi connectivity index (χ2n) is 5.74. The fourth-order valence-electron chi connectivity index (χ4n) is 1.56. The second kappa shape index (κ2) is 5.01. The Balaban J connectivity index is 2.13. The number of benzene rings is 1. The van der Waals surface area contributed by atoms with E-state index in [9.17, 15) is 5.11 Å². The minimum Gasteiger partial charge on any atom is -0.508 e. The van der Waals surface area contributed by atoms with Crippen LogP contribution in [0.5, 0.6) is 5.75 Å². The number of aromatic nitrogens is 2. The quantitative estimate of drug-likeness (QED) is 0.885. The molecule has 1 atom stereocenters. The van der Waals surface area contributed by atoms with Gasteiger partial charge < -0.3 is 15.4 Å². The van der Waals surface area contributed by atoms with E-state index in [0.29, 0.717) is 18.1 Å². The molecule has 0 radical (unpaired) electrons. The zero-order chi connectivity index (χ0) is 14.0. The van der Waals surface area contributed by atoms with E-state index in [1.54, 1.807) is 24.3 Å². The van der Waals surface area contributed by atoms with Crippen LogP contribution < -0.4 is 5.73 Å². The molecule has 0 spiro atoms. The number of nitrogens with zero attached hydrogens (tertiary/aromatic N) is 2. The summed E-state index contributed by atoms with van der Waals surface area (Å²) >= 11 is 0. The Bertz CT molecular complexity index is 541. The van der Waals surface area contributed by atoms with Crippen molar-refractivity contribution in [3.63, 3.8) is 0 Å². The highest BCUT2D eigenvalue weighted by atomic mass is 16.5. The molecule has 0 fully saturated rings. The summed E-state index contributed by atoms with van der Waals surface area (Å²) in [6, 6.07) is 6.63. The molecule has 3 N–H and O–H groups in total. The Hall–Kier alpha value is -1.88. The standard InChI is InChI=1S/C14H19N3O2/c1-14(2,3)11(15)8-12-16-13(17-19-12)9-4-6-10(18)7-5-9/h4-7,11,18H,8,15H2,1-3H3. The van der Waals surface area contributed by atoms with Crippen molar-refractivity contribution in [2.75, 3.05) is 0 Å². The van der Waals surface area contributed by atoms with Crippen LogP contribution in [-0.4, -0.2) is 21.3 Å². The average molecular weight is 261 g/mol. The third-order valence-corrected chi connectivity index (χ3v) is 3.10. The Labute approximate surface area is 112 Å². The molecule has 2 rings (SSSR count). The van der Waals surface area contributed by atoms with Gasteiger partial charge in [0.2, 0.25) is 11.7 Å². The van der Waals surface area contributed by atoms with Crippen molar-refractivity contribution in [3.8, 4) is 17.1 Å². The van der Waals surface area contributed by atoms with E-state index in [1.807, 2.05) is 0 Å². The van der Waals surface area contributed by atoms with E-state index in [4.69, 9.17) is 10.3 Å². The van der Waals surface area contributed by atoms with Gasteiger partial charge in [-0.25, -0.2) is 0 Å². The van der Waals surface area contributed by atoms with Crippen LogP contribution in [0.1, 0.15) is 26.7 Å². The molecule has 2 aromatic rings. The minimum atomic E-state index is -0.0411. The van der Waals surface area contributed by atoms with Gasteiger partial charge in [-0.1, -0.05) is 25.9 Å². The number of hydrogen-bond acceptors (Lipinski definition) is 5. The normalized spacial score (nSPS) is 13.5. The fraction of sp³-hybridized carbons (Fsp3) is 0.429. The van der Waals surface area contributed by atoms with Gasteiger partial charge in [0.15, 0.2) is 0 Å². The van der Waals surface area contributed by atoms with Crippen LogP contribution in [0.4, 0.5) is 0 Å². The van der Waals surface area contributed by atoms with Crippen LogP contribution >= 0.6 is 0 Å². The average Bonchev–Trinajstić information content (AvgIpc) is 2.77. The second-order valence-corrected chi connectivity index (χ2v) is 5.74. The van der Waals surface area contributed by atoms with Crippen molar-refractivity contribution < 1.29 is 9.63 Å². The Kier molecular flexibility index (Phi) is 3.57. The van der Waals surface area contributed by atoms with Crippen LogP contribution in [0.25, 0.3) is 11.4 Å². The predicted octanol–water partition coefficient (Wildman–Crippen LogP) is 2.36. The number of phenols is 1. The molecule has 1 unspecified atom stereocenters. The van der Waals surface area contributed by atoms with Crippen molar-refractivity contribution in [2.24, 2.45) is 11.1 Å². The lowest BCUT2D eigenvalue weighted by Crippen LogP contribution is -2.36. The first-order chi connectivity index (χ1) is 8.86. The number of nitrogens with two attached hydrogens (primary N) is 1. The van der Waals surface area contributed by atoms with Crippen LogP contribution in [0, 0.1) is 5.41 Å². The van der Waals surface area contributed by atoms with Crippen molar-refractivity contribution in [1.29, 1.82) is 0 Å². The van der Waals surface area contributed by atoms with Gasteiger partial charge in [-0.15, -0.1) is 0 Å².